The molecule has 4 nitrogen and oxygen atoms in total. The monoisotopic (exact) mass is 296 g/mol. The Morgan fingerprint density at radius 1 is 1.12 bits per heavy atom. The van der Waals surface area contributed by atoms with Crippen molar-refractivity contribution in [3.8, 4) is 0 Å². The average Bonchev–Trinajstić information content (AvgIpc) is 2.84. The zero-order valence-corrected chi connectivity index (χ0v) is 10.9. The molecular formula is C12H13BrN2O2. The van der Waals surface area contributed by atoms with Gasteiger partial charge in [-0.3, -0.25) is 9.59 Å². The van der Waals surface area contributed by atoms with Crippen molar-refractivity contribution >= 4 is 33.4 Å². The molecule has 2 amide bonds. The molecule has 1 aromatic carbocycles. The first-order valence-electron chi connectivity index (χ1n) is 5.52. The number of hydrogen-bond acceptors (Lipinski definition) is 2. The molecule has 1 saturated heterocycles. The summed E-state index contributed by atoms with van der Waals surface area (Å²) in [5.41, 5.74) is 0.630. The number of hydrogen-bond donors (Lipinski definition) is 1. The minimum absolute atomic E-state index is 0.439. The van der Waals surface area contributed by atoms with Crippen molar-refractivity contribution in [1.29, 1.82) is 0 Å². The molecule has 1 aliphatic heterocycles. The van der Waals surface area contributed by atoms with E-state index < -0.39 is 11.8 Å². The van der Waals surface area contributed by atoms with Crippen molar-refractivity contribution < 1.29 is 9.59 Å². The Kier molecular flexibility index (Phi) is 3.78. The second kappa shape index (κ2) is 5.31. The lowest BCUT2D eigenvalue weighted by atomic mass is 10.3. The number of carbonyl (C=O) groups is 2. The summed E-state index contributed by atoms with van der Waals surface area (Å²) >= 11 is 3.31. The minimum Gasteiger partial charge on any atom is -0.334 e. The predicted octanol–water partition coefficient (Wildman–Crippen LogP) is 2.01. The third-order valence-corrected chi connectivity index (χ3v) is 3.22. The molecule has 0 saturated carbocycles. The van der Waals surface area contributed by atoms with Gasteiger partial charge in [-0.2, -0.15) is 0 Å². The normalized spacial score (nSPS) is 14.8. The maximum atomic E-state index is 11.7. The van der Waals surface area contributed by atoms with Crippen molar-refractivity contribution in [3.05, 3.63) is 28.7 Å². The highest BCUT2D eigenvalue weighted by atomic mass is 79.9. The fourth-order valence-corrected chi connectivity index (χ4v) is 2.05. The van der Waals surface area contributed by atoms with Crippen LogP contribution in [0.4, 0.5) is 5.69 Å². The van der Waals surface area contributed by atoms with Crippen LogP contribution in [0.15, 0.2) is 28.7 Å². The third kappa shape index (κ3) is 3.06. The summed E-state index contributed by atoms with van der Waals surface area (Å²) in [6, 6.07) is 7.13. The van der Waals surface area contributed by atoms with E-state index in [-0.39, 0.29) is 0 Å². The van der Waals surface area contributed by atoms with Gasteiger partial charge in [0.1, 0.15) is 0 Å². The first-order valence-corrected chi connectivity index (χ1v) is 6.32. The molecule has 0 radical (unpaired) electrons. The second-order valence-corrected chi connectivity index (χ2v) is 4.88. The highest BCUT2D eigenvalue weighted by Gasteiger charge is 2.24. The van der Waals surface area contributed by atoms with Gasteiger partial charge in [0.2, 0.25) is 0 Å². The van der Waals surface area contributed by atoms with Crippen LogP contribution < -0.4 is 5.32 Å². The molecule has 5 heteroatoms. The summed E-state index contributed by atoms with van der Waals surface area (Å²) in [7, 11) is 0. The van der Waals surface area contributed by atoms with Crippen LogP contribution >= 0.6 is 15.9 Å². The summed E-state index contributed by atoms with van der Waals surface area (Å²) < 4.78 is 0.932. The van der Waals surface area contributed by atoms with Gasteiger partial charge in [0.05, 0.1) is 0 Å². The van der Waals surface area contributed by atoms with Crippen LogP contribution in [0.25, 0.3) is 0 Å². The van der Waals surface area contributed by atoms with E-state index in [2.05, 4.69) is 21.2 Å². The maximum Gasteiger partial charge on any atom is 0.313 e. The minimum atomic E-state index is -0.561. The van der Waals surface area contributed by atoms with Crippen molar-refractivity contribution in [3.63, 3.8) is 0 Å². The van der Waals surface area contributed by atoms with Gasteiger partial charge in [-0.05, 0) is 37.1 Å². The molecule has 0 unspecified atom stereocenters. The zero-order chi connectivity index (χ0) is 12.3. The fourth-order valence-electron chi connectivity index (χ4n) is 1.78. The topological polar surface area (TPSA) is 49.4 Å². The molecule has 0 atom stereocenters. The summed E-state index contributed by atoms with van der Waals surface area (Å²) in [6.07, 6.45) is 1.97. The van der Waals surface area contributed by atoms with Gasteiger partial charge < -0.3 is 10.2 Å². The summed E-state index contributed by atoms with van der Waals surface area (Å²) in [5.74, 6) is -1.00. The van der Waals surface area contributed by atoms with E-state index in [0.29, 0.717) is 18.8 Å². The first-order chi connectivity index (χ1) is 8.16. The van der Waals surface area contributed by atoms with E-state index in [1.54, 1.807) is 17.0 Å². The van der Waals surface area contributed by atoms with Gasteiger partial charge >= 0.3 is 11.8 Å². The lowest BCUT2D eigenvalue weighted by molar-refractivity contribution is -0.142. The highest BCUT2D eigenvalue weighted by molar-refractivity contribution is 9.10. The predicted molar refractivity (Wildman–Crippen MR) is 68.6 cm³/mol. The van der Waals surface area contributed by atoms with Crippen LogP contribution in [-0.4, -0.2) is 29.8 Å². The standard InChI is InChI=1S/C12H13BrN2O2/c13-9-3-5-10(6-4-9)14-11(16)12(17)15-7-1-2-8-15/h3-6H,1-2,7-8H2,(H,14,16). The van der Waals surface area contributed by atoms with Gasteiger partial charge in [0.15, 0.2) is 0 Å². The Balaban J connectivity index is 1.96. The second-order valence-electron chi connectivity index (χ2n) is 3.96. The van der Waals surface area contributed by atoms with E-state index in [0.717, 1.165) is 17.3 Å². The molecular weight excluding hydrogens is 284 g/mol. The Hall–Kier alpha value is -1.36. The number of likely N-dealkylation sites (tertiary alicyclic amines) is 1. The largest absolute Gasteiger partial charge is 0.334 e. The molecule has 1 heterocycles. The Bertz CT molecular complexity index is 425. The van der Waals surface area contributed by atoms with E-state index in [9.17, 15) is 9.59 Å². The third-order valence-electron chi connectivity index (χ3n) is 2.69. The van der Waals surface area contributed by atoms with Gasteiger partial charge in [-0.15, -0.1) is 0 Å². The molecule has 1 aliphatic rings. The zero-order valence-electron chi connectivity index (χ0n) is 9.28. The van der Waals surface area contributed by atoms with Crippen LogP contribution in [0.3, 0.4) is 0 Å². The highest BCUT2D eigenvalue weighted by Crippen LogP contribution is 2.14. The van der Waals surface area contributed by atoms with Crippen molar-refractivity contribution in [2.45, 2.75) is 12.8 Å². The van der Waals surface area contributed by atoms with Gasteiger partial charge in [-0.25, -0.2) is 0 Å². The molecule has 1 fully saturated rings. The lowest BCUT2D eigenvalue weighted by Crippen LogP contribution is -2.37. The number of rotatable bonds is 1. The smallest absolute Gasteiger partial charge is 0.313 e. The fraction of sp³-hybridized carbons (Fsp3) is 0.333. The van der Waals surface area contributed by atoms with E-state index >= 15 is 0 Å². The molecule has 90 valence electrons. The Morgan fingerprint density at radius 3 is 2.29 bits per heavy atom. The van der Waals surface area contributed by atoms with E-state index in [1.807, 2.05) is 12.1 Å². The quantitative estimate of drug-likeness (QED) is 0.806. The number of nitrogens with one attached hydrogen (secondary N) is 1. The number of benzene rings is 1. The molecule has 0 spiro atoms. The molecule has 0 aromatic heterocycles. The van der Waals surface area contributed by atoms with Gasteiger partial charge in [0.25, 0.3) is 0 Å². The van der Waals surface area contributed by atoms with Crippen LogP contribution in [0, 0.1) is 0 Å². The van der Waals surface area contributed by atoms with Crippen molar-refractivity contribution in [2.24, 2.45) is 0 Å². The SMILES string of the molecule is O=C(Nc1ccc(Br)cc1)C(=O)N1CCCC1. The number of nitrogens with zero attached hydrogens (tertiary/aromatic N) is 1. The average molecular weight is 297 g/mol. The maximum absolute atomic E-state index is 11.7. The van der Waals surface area contributed by atoms with Gasteiger partial charge in [0, 0.05) is 23.2 Å². The van der Waals surface area contributed by atoms with Crippen molar-refractivity contribution in [1.82, 2.24) is 4.90 Å². The van der Waals surface area contributed by atoms with Crippen LogP contribution in [0.5, 0.6) is 0 Å². The summed E-state index contributed by atoms with van der Waals surface area (Å²) in [4.78, 5) is 25.0. The van der Waals surface area contributed by atoms with Gasteiger partial charge in [-0.1, -0.05) is 15.9 Å². The van der Waals surface area contributed by atoms with Crippen molar-refractivity contribution in [2.75, 3.05) is 18.4 Å². The van der Waals surface area contributed by atoms with E-state index in [1.165, 1.54) is 0 Å². The van der Waals surface area contributed by atoms with Crippen LogP contribution in [0.1, 0.15) is 12.8 Å². The van der Waals surface area contributed by atoms with Crippen LogP contribution in [-0.2, 0) is 9.59 Å². The van der Waals surface area contributed by atoms with E-state index in [4.69, 9.17) is 0 Å². The molecule has 1 aromatic rings. The number of anilines is 1. The number of carbonyl (C=O) groups excluding carboxylic acids is 2. The molecule has 1 N–H and O–H groups in total. The molecule has 0 bridgehead atoms. The Labute approximate surface area is 108 Å². The summed E-state index contributed by atoms with van der Waals surface area (Å²) in [5, 5.41) is 2.59. The Morgan fingerprint density at radius 2 is 1.71 bits per heavy atom. The summed E-state index contributed by atoms with van der Waals surface area (Å²) in [6.45, 7) is 1.37. The number of amides is 2. The lowest BCUT2D eigenvalue weighted by Gasteiger charge is -2.14. The number of halogens is 1. The molecule has 2 rings (SSSR count). The first kappa shape index (κ1) is 12.1. The molecule has 0 aliphatic carbocycles. The molecule has 17 heavy (non-hydrogen) atoms. The van der Waals surface area contributed by atoms with Crippen LogP contribution in [0.2, 0.25) is 0 Å².